The van der Waals surface area contributed by atoms with Crippen LogP contribution < -0.4 is 10.1 Å². The van der Waals surface area contributed by atoms with Gasteiger partial charge in [-0.25, -0.2) is 0 Å². The standard InChI is InChI=1S/C14H19N3O2/c1-9-5-14(17-16-9)18-8-13-6-11(10(2)19-13)7-15-12-3-4-12/h5-6,12,15H,3-4,7-8H2,1-2H3,(H,16,17). The number of hydrogen-bond acceptors (Lipinski definition) is 4. The highest BCUT2D eigenvalue weighted by Gasteiger charge is 2.21. The Bertz CT molecular complexity index is 555. The number of ether oxygens (including phenoxy) is 1. The van der Waals surface area contributed by atoms with E-state index in [-0.39, 0.29) is 0 Å². The van der Waals surface area contributed by atoms with Crippen LogP contribution in [0.3, 0.4) is 0 Å². The van der Waals surface area contributed by atoms with Gasteiger partial charge in [-0.05, 0) is 32.8 Å². The minimum atomic E-state index is 0.411. The van der Waals surface area contributed by atoms with Crippen LogP contribution in [-0.4, -0.2) is 16.2 Å². The van der Waals surface area contributed by atoms with Gasteiger partial charge in [0.15, 0.2) is 0 Å². The van der Waals surface area contributed by atoms with Crippen LogP contribution in [0.2, 0.25) is 0 Å². The molecule has 19 heavy (non-hydrogen) atoms. The van der Waals surface area contributed by atoms with E-state index in [1.54, 1.807) is 0 Å². The number of rotatable bonds is 6. The van der Waals surface area contributed by atoms with Crippen LogP contribution in [0.15, 0.2) is 16.5 Å². The van der Waals surface area contributed by atoms with E-state index in [2.05, 4.69) is 21.6 Å². The first kappa shape index (κ1) is 12.3. The van der Waals surface area contributed by atoms with E-state index in [0.717, 1.165) is 23.8 Å². The molecule has 0 saturated heterocycles. The highest BCUT2D eigenvalue weighted by Crippen LogP contribution is 2.21. The summed E-state index contributed by atoms with van der Waals surface area (Å²) in [7, 11) is 0. The number of aromatic nitrogens is 2. The Morgan fingerprint density at radius 2 is 2.26 bits per heavy atom. The highest BCUT2D eigenvalue weighted by molar-refractivity contribution is 5.21. The Morgan fingerprint density at radius 1 is 1.42 bits per heavy atom. The summed E-state index contributed by atoms with van der Waals surface area (Å²) in [5.41, 5.74) is 2.20. The molecule has 1 aliphatic carbocycles. The summed E-state index contributed by atoms with van der Waals surface area (Å²) in [5, 5.41) is 10.4. The fourth-order valence-electron chi connectivity index (χ4n) is 1.99. The molecule has 2 aromatic heterocycles. The van der Waals surface area contributed by atoms with Crippen molar-refractivity contribution in [3.8, 4) is 5.88 Å². The summed E-state index contributed by atoms with van der Waals surface area (Å²) in [6.07, 6.45) is 2.59. The first-order valence-electron chi connectivity index (χ1n) is 6.67. The summed E-state index contributed by atoms with van der Waals surface area (Å²) in [4.78, 5) is 0. The summed E-state index contributed by atoms with van der Waals surface area (Å²) in [6, 6.07) is 4.64. The van der Waals surface area contributed by atoms with E-state index in [4.69, 9.17) is 9.15 Å². The van der Waals surface area contributed by atoms with Crippen molar-refractivity contribution in [1.82, 2.24) is 15.5 Å². The molecular weight excluding hydrogens is 242 g/mol. The van der Waals surface area contributed by atoms with E-state index in [1.807, 2.05) is 19.9 Å². The van der Waals surface area contributed by atoms with Crippen LogP contribution in [-0.2, 0) is 13.2 Å². The van der Waals surface area contributed by atoms with Gasteiger partial charge in [-0.15, -0.1) is 5.10 Å². The molecule has 0 spiro atoms. The lowest BCUT2D eigenvalue weighted by Gasteiger charge is -1.99. The number of furan rings is 1. The number of hydrogen-bond donors (Lipinski definition) is 2. The number of aryl methyl sites for hydroxylation is 2. The van der Waals surface area contributed by atoms with Crippen LogP contribution in [0, 0.1) is 13.8 Å². The van der Waals surface area contributed by atoms with Gasteiger partial charge in [0.2, 0.25) is 5.88 Å². The van der Waals surface area contributed by atoms with Crippen molar-refractivity contribution in [2.75, 3.05) is 0 Å². The van der Waals surface area contributed by atoms with Crippen LogP contribution in [0.1, 0.15) is 35.6 Å². The molecular formula is C14H19N3O2. The Hall–Kier alpha value is -1.75. The number of aromatic amines is 1. The van der Waals surface area contributed by atoms with Crippen molar-refractivity contribution < 1.29 is 9.15 Å². The lowest BCUT2D eigenvalue weighted by atomic mass is 10.2. The quantitative estimate of drug-likeness (QED) is 0.838. The Morgan fingerprint density at radius 3 is 2.95 bits per heavy atom. The zero-order chi connectivity index (χ0) is 13.2. The average molecular weight is 261 g/mol. The third kappa shape index (κ3) is 3.17. The van der Waals surface area contributed by atoms with Gasteiger partial charge in [-0.2, -0.15) is 0 Å². The third-order valence-corrected chi connectivity index (χ3v) is 3.27. The third-order valence-electron chi connectivity index (χ3n) is 3.27. The molecule has 0 radical (unpaired) electrons. The topological polar surface area (TPSA) is 63.1 Å². The number of nitrogens with zero attached hydrogens (tertiary/aromatic N) is 1. The van der Waals surface area contributed by atoms with E-state index < -0.39 is 0 Å². The van der Waals surface area contributed by atoms with Crippen LogP contribution in [0.5, 0.6) is 5.88 Å². The molecule has 0 amide bonds. The zero-order valence-corrected chi connectivity index (χ0v) is 11.3. The predicted molar refractivity (Wildman–Crippen MR) is 71.0 cm³/mol. The van der Waals surface area contributed by atoms with Crippen molar-refractivity contribution in [2.24, 2.45) is 0 Å². The summed E-state index contributed by atoms with van der Waals surface area (Å²) < 4.78 is 11.3. The Kier molecular flexibility index (Phi) is 3.29. The van der Waals surface area contributed by atoms with Crippen molar-refractivity contribution >= 4 is 0 Å². The van der Waals surface area contributed by atoms with E-state index in [1.165, 1.54) is 18.4 Å². The summed E-state index contributed by atoms with van der Waals surface area (Å²) in [5.74, 6) is 2.40. The van der Waals surface area contributed by atoms with Gasteiger partial charge in [-0.3, -0.25) is 5.10 Å². The first-order chi connectivity index (χ1) is 9.20. The molecule has 0 atom stereocenters. The fourth-order valence-corrected chi connectivity index (χ4v) is 1.99. The molecule has 5 nitrogen and oxygen atoms in total. The predicted octanol–water partition coefficient (Wildman–Crippen LogP) is 2.45. The SMILES string of the molecule is Cc1cc(OCc2cc(CNC3CC3)c(C)o2)n[nH]1. The van der Waals surface area contributed by atoms with Crippen molar-refractivity contribution in [1.29, 1.82) is 0 Å². The number of nitrogens with one attached hydrogen (secondary N) is 2. The zero-order valence-electron chi connectivity index (χ0n) is 11.3. The highest BCUT2D eigenvalue weighted by atomic mass is 16.5. The molecule has 1 saturated carbocycles. The maximum absolute atomic E-state index is 5.69. The molecule has 2 heterocycles. The molecule has 1 fully saturated rings. The van der Waals surface area contributed by atoms with Gasteiger partial charge in [-0.1, -0.05) is 0 Å². The minimum absolute atomic E-state index is 0.411. The normalized spacial score (nSPS) is 14.8. The van der Waals surface area contributed by atoms with Gasteiger partial charge >= 0.3 is 0 Å². The maximum atomic E-state index is 5.69. The lowest BCUT2D eigenvalue weighted by molar-refractivity contribution is 0.258. The first-order valence-corrected chi connectivity index (χ1v) is 6.67. The number of H-pyrrole nitrogens is 1. The van der Waals surface area contributed by atoms with Crippen molar-refractivity contribution in [3.05, 3.63) is 34.9 Å². The largest absolute Gasteiger partial charge is 0.468 e. The smallest absolute Gasteiger partial charge is 0.233 e. The molecule has 0 aromatic carbocycles. The van der Waals surface area contributed by atoms with Gasteiger partial charge in [0.25, 0.3) is 0 Å². The van der Waals surface area contributed by atoms with Crippen LogP contribution in [0.4, 0.5) is 0 Å². The Balaban J connectivity index is 1.56. The van der Waals surface area contributed by atoms with Crippen molar-refractivity contribution in [2.45, 2.75) is 45.9 Å². The molecule has 1 aliphatic rings. The summed E-state index contributed by atoms with van der Waals surface area (Å²) >= 11 is 0. The second-order valence-electron chi connectivity index (χ2n) is 5.13. The fraction of sp³-hybridized carbons (Fsp3) is 0.500. The van der Waals surface area contributed by atoms with E-state index >= 15 is 0 Å². The monoisotopic (exact) mass is 261 g/mol. The average Bonchev–Trinajstić information content (AvgIpc) is 3.02. The lowest BCUT2D eigenvalue weighted by Crippen LogP contribution is -2.15. The second kappa shape index (κ2) is 5.09. The van der Waals surface area contributed by atoms with Gasteiger partial charge < -0.3 is 14.5 Å². The maximum Gasteiger partial charge on any atom is 0.233 e. The molecule has 2 N–H and O–H groups in total. The van der Waals surface area contributed by atoms with E-state index in [0.29, 0.717) is 18.5 Å². The van der Waals surface area contributed by atoms with Gasteiger partial charge in [0.05, 0.1) is 0 Å². The molecule has 3 rings (SSSR count). The minimum Gasteiger partial charge on any atom is -0.468 e. The van der Waals surface area contributed by atoms with Crippen LogP contribution >= 0.6 is 0 Å². The molecule has 0 bridgehead atoms. The molecule has 0 aliphatic heterocycles. The van der Waals surface area contributed by atoms with Crippen LogP contribution in [0.25, 0.3) is 0 Å². The van der Waals surface area contributed by atoms with E-state index in [9.17, 15) is 0 Å². The van der Waals surface area contributed by atoms with Gasteiger partial charge in [0.1, 0.15) is 18.1 Å². The van der Waals surface area contributed by atoms with Gasteiger partial charge in [0, 0.05) is 29.9 Å². The molecule has 5 heteroatoms. The molecule has 102 valence electrons. The van der Waals surface area contributed by atoms with Crippen molar-refractivity contribution in [3.63, 3.8) is 0 Å². The molecule has 2 aromatic rings. The summed E-state index contributed by atoms with van der Waals surface area (Å²) in [6.45, 7) is 5.22. The second-order valence-corrected chi connectivity index (χ2v) is 5.13. The Labute approximate surface area is 112 Å². The molecule has 0 unspecified atom stereocenters.